The molecule has 0 heterocycles. The van der Waals surface area contributed by atoms with E-state index in [-0.39, 0.29) is 5.60 Å². The van der Waals surface area contributed by atoms with Gasteiger partial charge in [-0.3, -0.25) is 0 Å². The molecule has 0 radical (unpaired) electrons. The van der Waals surface area contributed by atoms with Gasteiger partial charge in [0.25, 0.3) is 0 Å². The molecule has 3 unspecified atom stereocenters. The minimum Gasteiger partial charge on any atom is -0.371 e. The smallest absolute Gasteiger partial charge is 0.0698 e. The highest BCUT2D eigenvalue weighted by Gasteiger charge is 2.42. The first-order chi connectivity index (χ1) is 9.06. The van der Waals surface area contributed by atoms with Crippen LogP contribution < -0.4 is 5.32 Å². The number of hydrogen-bond acceptors (Lipinski definition) is 2. The molecule has 2 heteroatoms. The third-order valence-electron chi connectivity index (χ3n) is 5.46. The van der Waals surface area contributed by atoms with E-state index in [0.717, 1.165) is 24.3 Å². The van der Waals surface area contributed by atoms with E-state index < -0.39 is 0 Å². The third kappa shape index (κ3) is 3.72. The fourth-order valence-corrected chi connectivity index (χ4v) is 3.92. The Morgan fingerprint density at radius 1 is 1.26 bits per heavy atom. The summed E-state index contributed by atoms with van der Waals surface area (Å²) in [6.07, 6.45) is 9.68. The van der Waals surface area contributed by atoms with Crippen molar-refractivity contribution in [3.8, 4) is 0 Å². The largest absolute Gasteiger partial charge is 0.371 e. The van der Waals surface area contributed by atoms with Crippen molar-refractivity contribution in [2.24, 2.45) is 17.8 Å². The molecular formula is C17H33NO. The van der Waals surface area contributed by atoms with Gasteiger partial charge < -0.3 is 10.1 Å². The fraction of sp³-hybridized carbons (Fsp3) is 1.00. The monoisotopic (exact) mass is 267 g/mol. The Bertz CT molecular complexity index is 272. The number of rotatable bonds is 6. The Balaban J connectivity index is 1.96. The Hall–Kier alpha value is -0.0800. The van der Waals surface area contributed by atoms with Gasteiger partial charge in [-0.2, -0.15) is 0 Å². The summed E-state index contributed by atoms with van der Waals surface area (Å²) >= 11 is 0. The molecule has 2 aliphatic rings. The highest BCUT2D eigenvalue weighted by Crippen LogP contribution is 2.44. The lowest BCUT2D eigenvalue weighted by Crippen LogP contribution is -2.48. The number of hydrogen-bond donors (Lipinski definition) is 1. The molecule has 3 atom stereocenters. The minimum atomic E-state index is 0.220. The van der Waals surface area contributed by atoms with Crippen LogP contribution >= 0.6 is 0 Å². The van der Waals surface area contributed by atoms with Crippen LogP contribution in [0, 0.1) is 17.8 Å². The van der Waals surface area contributed by atoms with Crippen molar-refractivity contribution in [3.63, 3.8) is 0 Å². The summed E-state index contributed by atoms with van der Waals surface area (Å²) in [5.74, 6) is 2.39. The second-order valence-corrected chi connectivity index (χ2v) is 7.37. The Morgan fingerprint density at radius 2 is 2.00 bits per heavy atom. The van der Waals surface area contributed by atoms with E-state index in [1.165, 1.54) is 44.9 Å². The van der Waals surface area contributed by atoms with Crippen molar-refractivity contribution in [2.45, 2.75) is 77.4 Å². The van der Waals surface area contributed by atoms with Crippen LogP contribution in [0.15, 0.2) is 0 Å². The molecule has 2 aliphatic carbocycles. The highest BCUT2D eigenvalue weighted by atomic mass is 16.5. The van der Waals surface area contributed by atoms with E-state index in [9.17, 15) is 0 Å². The normalized spacial score (nSPS) is 34.3. The molecule has 2 nitrogen and oxygen atoms in total. The van der Waals surface area contributed by atoms with Crippen LogP contribution in [0.4, 0.5) is 0 Å². The summed E-state index contributed by atoms with van der Waals surface area (Å²) in [7, 11) is 2.05. The van der Waals surface area contributed by atoms with Gasteiger partial charge in [-0.1, -0.05) is 27.2 Å². The Morgan fingerprint density at radius 3 is 2.53 bits per heavy atom. The van der Waals surface area contributed by atoms with Crippen LogP contribution in [-0.2, 0) is 4.74 Å². The van der Waals surface area contributed by atoms with E-state index in [1.807, 2.05) is 7.05 Å². The van der Waals surface area contributed by atoms with Gasteiger partial charge >= 0.3 is 0 Å². The van der Waals surface area contributed by atoms with Crippen molar-refractivity contribution in [2.75, 3.05) is 13.6 Å². The van der Waals surface area contributed by atoms with Crippen molar-refractivity contribution in [1.29, 1.82) is 0 Å². The van der Waals surface area contributed by atoms with Crippen molar-refractivity contribution in [1.82, 2.24) is 5.32 Å². The first-order valence-corrected chi connectivity index (χ1v) is 8.39. The molecule has 2 fully saturated rings. The molecule has 0 aromatic rings. The standard InChI is InChI=1S/C17H33NO/c1-13(2)15-7-6-14(3)12-16(15)19-17(8-5-9-17)10-11-18-4/h13-16,18H,5-12H2,1-4H3. The van der Waals surface area contributed by atoms with E-state index in [4.69, 9.17) is 4.74 Å². The molecule has 0 amide bonds. The zero-order valence-corrected chi connectivity index (χ0v) is 13.4. The topological polar surface area (TPSA) is 21.3 Å². The highest BCUT2D eigenvalue weighted by molar-refractivity contribution is 4.93. The average molecular weight is 267 g/mol. The van der Waals surface area contributed by atoms with Gasteiger partial charge in [0.15, 0.2) is 0 Å². The van der Waals surface area contributed by atoms with Crippen molar-refractivity contribution >= 4 is 0 Å². The summed E-state index contributed by atoms with van der Waals surface area (Å²) in [6, 6.07) is 0. The lowest BCUT2D eigenvalue weighted by atomic mass is 9.73. The predicted molar refractivity (Wildman–Crippen MR) is 81.3 cm³/mol. The Kier molecular flexibility index (Phi) is 5.30. The molecule has 0 bridgehead atoms. The first kappa shape index (κ1) is 15.3. The second kappa shape index (κ2) is 6.58. The van der Waals surface area contributed by atoms with Crippen molar-refractivity contribution < 1.29 is 4.74 Å². The average Bonchev–Trinajstić information content (AvgIpc) is 2.32. The minimum absolute atomic E-state index is 0.220. The molecule has 1 N–H and O–H groups in total. The molecule has 0 aromatic heterocycles. The summed E-state index contributed by atoms with van der Waals surface area (Å²) < 4.78 is 6.72. The van der Waals surface area contributed by atoms with Gasteiger partial charge in [0, 0.05) is 0 Å². The zero-order chi connectivity index (χ0) is 13.9. The maximum absolute atomic E-state index is 6.72. The van der Waals surface area contributed by atoms with Gasteiger partial charge in [-0.25, -0.2) is 0 Å². The van der Waals surface area contributed by atoms with Gasteiger partial charge in [-0.15, -0.1) is 0 Å². The van der Waals surface area contributed by atoms with Crippen LogP contribution in [-0.4, -0.2) is 25.3 Å². The van der Waals surface area contributed by atoms with Crippen LogP contribution in [0.2, 0.25) is 0 Å². The van der Waals surface area contributed by atoms with Crippen LogP contribution in [0.3, 0.4) is 0 Å². The summed E-state index contributed by atoms with van der Waals surface area (Å²) in [5.41, 5.74) is 0.220. The number of nitrogens with one attached hydrogen (secondary N) is 1. The van der Waals surface area contributed by atoms with Gasteiger partial charge in [0.1, 0.15) is 0 Å². The fourth-order valence-electron chi connectivity index (χ4n) is 3.92. The Labute approximate surface area is 119 Å². The maximum atomic E-state index is 6.72. The quantitative estimate of drug-likeness (QED) is 0.785. The van der Waals surface area contributed by atoms with E-state index >= 15 is 0 Å². The molecule has 0 aliphatic heterocycles. The number of ether oxygens (including phenoxy) is 1. The summed E-state index contributed by atoms with van der Waals surface area (Å²) in [4.78, 5) is 0. The third-order valence-corrected chi connectivity index (χ3v) is 5.46. The first-order valence-electron chi connectivity index (χ1n) is 8.39. The molecule has 2 saturated carbocycles. The molecular weight excluding hydrogens is 234 g/mol. The molecule has 19 heavy (non-hydrogen) atoms. The summed E-state index contributed by atoms with van der Waals surface area (Å²) in [5, 5.41) is 3.29. The second-order valence-electron chi connectivity index (χ2n) is 7.37. The van der Waals surface area contributed by atoms with Crippen LogP contribution in [0.1, 0.15) is 65.7 Å². The predicted octanol–water partition coefficient (Wildman–Crippen LogP) is 4.00. The molecule has 0 spiro atoms. The lowest BCUT2D eigenvalue weighted by Gasteiger charge is -2.48. The molecule has 2 rings (SSSR count). The molecule has 112 valence electrons. The van der Waals surface area contributed by atoms with Gasteiger partial charge in [0.2, 0.25) is 0 Å². The van der Waals surface area contributed by atoms with Crippen LogP contribution in [0.25, 0.3) is 0 Å². The SMILES string of the molecule is CNCCC1(OC2CC(C)CCC2C(C)C)CCC1. The maximum Gasteiger partial charge on any atom is 0.0698 e. The van der Waals surface area contributed by atoms with Gasteiger partial charge in [0.05, 0.1) is 11.7 Å². The van der Waals surface area contributed by atoms with E-state index in [2.05, 4.69) is 26.1 Å². The van der Waals surface area contributed by atoms with Crippen LogP contribution in [0.5, 0.6) is 0 Å². The van der Waals surface area contributed by atoms with E-state index in [0.29, 0.717) is 6.10 Å². The lowest BCUT2D eigenvalue weighted by molar-refractivity contribution is -0.176. The zero-order valence-electron chi connectivity index (χ0n) is 13.4. The summed E-state index contributed by atoms with van der Waals surface area (Å²) in [6.45, 7) is 8.23. The molecule has 0 aromatic carbocycles. The van der Waals surface area contributed by atoms with E-state index in [1.54, 1.807) is 0 Å². The van der Waals surface area contributed by atoms with Crippen molar-refractivity contribution in [3.05, 3.63) is 0 Å². The molecule has 0 saturated heterocycles. The van der Waals surface area contributed by atoms with Gasteiger partial charge in [-0.05, 0) is 69.9 Å².